The predicted octanol–water partition coefficient (Wildman–Crippen LogP) is 2.60. The Morgan fingerprint density at radius 2 is 1.88 bits per heavy atom. The highest BCUT2D eigenvalue weighted by molar-refractivity contribution is 7.90. The van der Waals surface area contributed by atoms with Crippen molar-refractivity contribution in [2.45, 2.75) is 63.5 Å². The summed E-state index contributed by atoms with van der Waals surface area (Å²) in [6, 6.07) is 1.61. The van der Waals surface area contributed by atoms with Crippen LogP contribution in [0.1, 0.15) is 56.8 Å². The monoisotopic (exact) mass is 484 g/mol. The molecule has 0 bridgehead atoms. The first-order chi connectivity index (χ1) is 15.0. The molecule has 0 saturated carbocycles. The number of fused-ring (bicyclic) bond motifs is 3. The standard InChI is InChI=1S/C20H25ClN4O6S/c1-11(2)22-20(28)23-18(26)12(3)31-19(27)13-9-16-15(10-14(13)21)25-8-6-4-5-7-17(25)24-32(16,29)30/h9-12H,4-8H2,1-3H3,(H2,22,23,26,28)/t12-/m0/s1. The summed E-state index contributed by atoms with van der Waals surface area (Å²) in [6.07, 6.45) is 1.89. The fourth-order valence-electron chi connectivity index (χ4n) is 3.44. The molecule has 3 rings (SSSR count). The summed E-state index contributed by atoms with van der Waals surface area (Å²) in [6.45, 7) is 5.32. The molecule has 1 fully saturated rings. The fourth-order valence-corrected chi connectivity index (χ4v) is 4.94. The van der Waals surface area contributed by atoms with Crippen molar-refractivity contribution >= 4 is 51.1 Å². The van der Waals surface area contributed by atoms with Crippen molar-refractivity contribution in [3.8, 4) is 0 Å². The van der Waals surface area contributed by atoms with Gasteiger partial charge >= 0.3 is 12.0 Å². The molecule has 0 unspecified atom stereocenters. The first kappa shape index (κ1) is 24.0. The number of esters is 1. The van der Waals surface area contributed by atoms with Gasteiger partial charge in [-0.3, -0.25) is 10.1 Å². The summed E-state index contributed by atoms with van der Waals surface area (Å²) in [5, 5.41) is 4.53. The van der Waals surface area contributed by atoms with Crippen LogP contribution in [-0.4, -0.2) is 50.9 Å². The molecule has 2 heterocycles. The third-order valence-corrected chi connectivity index (χ3v) is 6.61. The van der Waals surface area contributed by atoms with Crippen LogP contribution in [0.4, 0.5) is 10.5 Å². The van der Waals surface area contributed by atoms with Crippen LogP contribution in [0.15, 0.2) is 21.4 Å². The molecule has 12 heteroatoms. The van der Waals surface area contributed by atoms with Crippen molar-refractivity contribution in [2.75, 3.05) is 11.4 Å². The molecule has 2 aliphatic rings. The Morgan fingerprint density at radius 1 is 1.16 bits per heavy atom. The highest BCUT2D eigenvalue weighted by Gasteiger charge is 2.34. The van der Waals surface area contributed by atoms with Gasteiger partial charge in [-0.1, -0.05) is 18.0 Å². The number of halogens is 1. The van der Waals surface area contributed by atoms with Crippen molar-refractivity contribution in [1.29, 1.82) is 0 Å². The van der Waals surface area contributed by atoms with Crippen LogP contribution in [0.5, 0.6) is 0 Å². The maximum absolute atomic E-state index is 12.7. The second kappa shape index (κ2) is 9.45. The summed E-state index contributed by atoms with van der Waals surface area (Å²) in [5.41, 5.74) is 0.156. The van der Waals surface area contributed by atoms with Crippen molar-refractivity contribution in [3.63, 3.8) is 0 Å². The molecule has 1 atom stereocenters. The van der Waals surface area contributed by atoms with Crippen LogP contribution >= 0.6 is 11.6 Å². The number of anilines is 1. The third-order valence-electron chi connectivity index (χ3n) is 4.97. The average Bonchev–Trinajstić information content (AvgIpc) is 2.91. The molecule has 0 radical (unpaired) electrons. The number of amidine groups is 1. The third kappa shape index (κ3) is 5.21. The summed E-state index contributed by atoms with van der Waals surface area (Å²) in [5.74, 6) is -1.37. The summed E-state index contributed by atoms with van der Waals surface area (Å²) >= 11 is 6.30. The smallest absolute Gasteiger partial charge is 0.340 e. The maximum Gasteiger partial charge on any atom is 0.340 e. The lowest BCUT2D eigenvalue weighted by Gasteiger charge is -2.30. The first-order valence-electron chi connectivity index (χ1n) is 10.3. The van der Waals surface area contributed by atoms with Crippen LogP contribution in [0, 0.1) is 0 Å². The van der Waals surface area contributed by atoms with E-state index in [1.807, 2.05) is 4.90 Å². The van der Waals surface area contributed by atoms with E-state index < -0.39 is 34.0 Å². The van der Waals surface area contributed by atoms with Gasteiger partial charge in [0.25, 0.3) is 15.9 Å². The van der Waals surface area contributed by atoms with E-state index in [2.05, 4.69) is 15.0 Å². The quantitative estimate of drug-likeness (QED) is 0.627. The van der Waals surface area contributed by atoms with Crippen LogP contribution < -0.4 is 15.5 Å². The Balaban J connectivity index is 1.83. The van der Waals surface area contributed by atoms with E-state index in [-0.39, 0.29) is 21.5 Å². The highest BCUT2D eigenvalue weighted by atomic mass is 35.5. The molecule has 0 aromatic heterocycles. The number of hydrogen-bond donors (Lipinski definition) is 2. The van der Waals surface area contributed by atoms with Crippen molar-refractivity contribution < 1.29 is 27.5 Å². The number of carbonyl (C=O) groups is 3. The van der Waals surface area contributed by atoms with E-state index in [4.69, 9.17) is 16.3 Å². The number of benzene rings is 1. The Hall–Kier alpha value is -2.66. The molecule has 32 heavy (non-hydrogen) atoms. The zero-order valence-corrected chi connectivity index (χ0v) is 19.5. The van der Waals surface area contributed by atoms with Gasteiger partial charge in [0.15, 0.2) is 6.10 Å². The van der Waals surface area contributed by atoms with E-state index in [1.54, 1.807) is 13.8 Å². The van der Waals surface area contributed by atoms with Gasteiger partial charge in [0.1, 0.15) is 10.7 Å². The zero-order valence-electron chi connectivity index (χ0n) is 18.0. The van der Waals surface area contributed by atoms with Gasteiger partial charge in [0.2, 0.25) is 0 Å². The number of amides is 3. The minimum Gasteiger partial charge on any atom is -0.449 e. The largest absolute Gasteiger partial charge is 0.449 e. The Labute approximate surface area is 191 Å². The van der Waals surface area contributed by atoms with Crippen LogP contribution in [0.2, 0.25) is 5.02 Å². The minimum atomic E-state index is -4.03. The van der Waals surface area contributed by atoms with Gasteiger partial charge in [0.05, 0.1) is 16.3 Å². The predicted molar refractivity (Wildman–Crippen MR) is 119 cm³/mol. The van der Waals surface area contributed by atoms with Crippen LogP contribution in [-0.2, 0) is 19.6 Å². The highest BCUT2D eigenvalue weighted by Crippen LogP contribution is 2.38. The molecular weight excluding hydrogens is 460 g/mol. The lowest BCUT2D eigenvalue weighted by Crippen LogP contribution is -2.46. The van der Waals surface area contributed by atoms with Gasteiger partial charge in [-0.05, 0) is 45.7 Å². The van der Waals surface area contributed by atoms with Crippen molar-refractivity contribution in [1.82, 2.24) is 10.6 Å². The normalized spacial score (nSPS) is 17.9. The molecule has 2 aliphatic heterocycles. The van der Waals surface area contributed by atoms with Gasteiger partial charge < -0.3 is 15.0 Å². The topological polar surface area (TPSA) is 134 Å². The second-order valence-corrected chi connectivity index (χ2v) is 9.89. The van der Waals surface area contributed by atoms with Crippen LogP contribution in [0.25, 0.3) is 0 Å². The Morgan fingerprint density at radius 3 is 2.56 bits per heavy atom. The van der Waals surface area contributed by atoms with E-state index in [0.717, 1.165) is 25.3 Å². The Kier molecular flexibility index (Phi) is 7.09. The summed E-state index contributed by atoms with van der Waals surface area (Å²) < 4.78 is 34.5. The van der Waals surface area contributed by atoms with Gasteiger partial charge in [-0.15, -0.1) is 4.40 Å². The van der Waals surface area contributed by atoms with Gasteiger partial charge in [-0.2, -0.15) is 8.42 Å². The molecule has 10 nitrogen and oxygen atoms in total. The molecule has 3 amide bonds. The van der Waals surface area contributed by atoms with E-state index in [0.29, 0.717) is 24.5 Å². The lowest BCUT2D eigenvalue weighted by atomic mass is 10.1. The number of urea groups is 1. The molecule has 1 aromatic carbocycles. The Bertz CT molecular complexity index is 1090. The summed E-state index contributed by atoms with van der Waals surface area (Å²) in [7, 11) is -4.03. The SMILES string of the molecule is CC(C)NC(=O)NC(=O)[C@H](C)OC(=O)c1cc2c(cc1Cl)N1CCCCCC1=NS2(=O)=O. The number of nitrogens with one attached hydrogen (secondary N) is 2. The number of imide groups is 1. The molecule has 2 N–H and O–H groups in total. The molecular formula is C20H25ClN4O6S. The van der Waals surface area contributed by atoms with E-state index >= 15 is 0 Å². The second-order valence-electron chi connectivity index (χ2n) is 7.91. The molecule has 0 spiro atoms. The number of carbonyl (C=O) groups excluding carboxylic acids is 3. The fraction of sp³-hybridized carbons (Fsp3) is 0.500. The van der Waals surface area contributed by atoms with Crippen molar-refractivity contribution in [3.05, 3.63) is 22.7 Å². The molecule has 174 valence electrons. The zero-order chi connectivity index (χ0) is 23.6. The van der Waals surface area contributed by atoms with Crippen LogP contribution in [0.3, 0.4) is 0 Å². The first-order valence-corrected chi connectivity index (χ1v) is 12.1. The molecule has 0 aliphatic carbocycles. The number of sulfonamides is 1. The number of rotatable bonds is 4. The number of ether oxygens (including phenoxy) is 1. The average molecular weight is 485 g/mol. The van der Waals surface area contributed by atoms with Crippen molar-refractivity contribution in [2.24, 2.45) is 4.40 Å². The van der Waals surface area contributed by atoms with E-state index in [9.17, 15) is 22.8 Å². The number of nitrogens with zero attached hydrogens (tertiary/aromatic N) is 2. The maximum atomic E-state index is 12.7. The van der Waals surface area contributed by atoms with Gasteiger partial charge in [-0.25, -0.2) is 9.59 Å². The van der Waals surface area contributed by atoms with Gasteiger partial charge in [0, 0.05) is 19.0 Å². The minimum absolute atomic E-state index is 0.0143. The number of hydrogen-bond acceptors (Lipinski definition) is 7. The molecule has 1 aromatic rings. The lowest BCUT2D eigenvalue weighted by molar-refractivity contribution is -0.127. The van der Waals surface area contributed by atoms with E-state index in [1.165, 1.54) is 13.0 Å². The summed E-state index contributed by atoms with van der Waals surface area (Å²) in [4.78, 5) is 38.1. The molecule has 1 saturated heterocycles.